The maximum Gasteiger partial charge on any atom is 0.471 e. The van der Waals surface area contributed by atoms with Crippen molar-refractivity contribution < 1.29 is 22.4 Å². The highest BCUT2D eigenvalue weighted by molar-refractivity contribution is 6.35. The summed E-state index contributed by atoms with van der Waals surface area (Å²) >= 11 is 6.32. The van der Waals surface area contributed by atoms with Gasteiger partial charge in [-0.25, -0.2) is 9.37 Å². The summed E-state index contributed by atoms with van der Waals surface area (Å²) < 4.78 is 53.8. The molecule has 0 spiro atoms. The van der Waals surface area contributed by atoms with E-state index in [0.717, 1.165) is 0 Å². The highest BCUT2D eigenvalue weighted by Gasteiger charge is 2.39. The van der Waals surface area contributed by atoms with Crippen LogP contribution in [0.15, 0.2) is 24.8 Å². The fourth-order valence-electron chi connectivity index (χ4n) is 3.06. The molecule has 1 amide bonds. The summed E-state index contributed by atoms with van der Waals surface area (Å²) in [6, 6.07) is -0.0753. The number of carbonyl (C=O) groups is 1. The van der Waals surface area contributed by atoms with E-state index in [2.05, 4.69) is 25.5 Å². The summed E-state index contributed by atoms with van der Waals surface area (Å²) in [4.78, 5) is 19.2. The van der Waals surface area contributed by atoms with Gasteiger partial charge in [-0.1, -0.05) is 11.6 Å². The van der Waals surface area contributed by atoms with Crippen LogP contribution in [0, 0.1) is 5.82 Å². The van der Waals surface area contributed by atoms with Crippen LogP contribution in [0.3, 0.4) is 0 Å². The first kappa shape index (κ1) is 20.8. The Morgan fingerprint density at radius 2 is 2.00 bits per heavy atom. The summed E-state index contributed by atoms with van der Waals surface area (Å²) in [7, 11) is 0. The molecule has 13 heteroatoms. The van der Waals surface area contributed by atoms with Crippen molar-refractivity contribution in [2.45, 2.75) is 26.1 Å². The first-order valence-electron chi connectivity index (χ1n) is 8.90. The van der Waals surface area contributed by atoms with E-state index in [9.17, 15) is 18.0 Å². The zero-order valence-electron chi connectivity index (χ0n) is 16.0. The van der Waals surface area contributed by atoms with Crippen molar-refractivity contribution in [3.63, 3.8) is 0 Å². The van der Waals surface area contributed by atoms with Gasteiger partial charge in [-0.15, -0.1) is 0 Å². The van der Waals surface area contributed by atoms with E-state index in [4.69, 9.17) is 11.6 Å². The number of imidazole rings is 1. The van der Waals surface area contributed by atoms with Gasteiger partial charge in [0.1, 0.15) is 0 Å². The van der Waals surface area contributed by atoms with Crippen LogP contribution in [0.1, 0.15) is 13.8 Å². The molecule has 3 aromatic heterocycles. The molecule has 4 rings (SSSR count). The minimum absolute atomic E-state index is 0.0753. The van der Waals surface area contributed by atoms with Gasteiger partial charge in [-0.2, -0.15) is 18.3 Å². The number of nitrogens with zero attached hydrogens (tertiary/aromatic N) is 4. The van der Waals surface area contributed by atoms with Crippen LogP contribution < -0.4 is 10.6 Å². The molecule has 0 unspecified atom stereocenters. The molecule has 0 fully saturated rings. The zero-order chi connectivity index (χ0) is 22.5. The maximum absolute atomic E-state index is 15.0. The molecule has 3 heterocycles. The summed E-state index contributed by atoms with van der Waals surface area (Å²) in [5.74, 6) is -3.17. The number of halogens is 5. The predicted octanol–water partition coefficient (Wildman–Crippen LogP) is 4.39. The monoisotopic (exact) mass is 455 g/mol. The van der Waals surface area contributed by atoms with Crippen LogP contribution >= 0.6 is 11.6 Å². The number of aromatic amines is 1. The lowest BCUT2D eigenvalue weighted by Crippen LogP contribution is -2.30. The van der Waals surface area contributed by atoms with Crippen molar-refractivity contribution in [2.24, 2.45) is 0 Å². The molecule has 31 heavy (non-hydrogen) atoms. The third-order valence-electron chi connectivity index (χ3n) is 4.32. The summed E-state index contributed by atoms with van der Waals surface area (Å²) in [5, 5.41) is 11.7. The van der Waals surface area contributed by atoms with Gasteiger partial charge in [0.25, 0.3) is 0 Å². The Kier molecular flexibility index (Phi) is 4.96. The molecule has 0 aliphatic heterocycles. The number of hydrogen-bond donors (Lipinski definition) is 3. The average molecular weight is 456 g/mol. The van der Waals surface area contributed by atoms with Gasteiger partial charge in [0.2, 0.25) is 0 Å². The second kappa shape index (κ2) is 7.38. The number of anilines is 2. The number of amides is 1. The van der Waals surface area contributed by atoms with E-state index in [1.54, 1.807) is 5.32 Å². The Balaban J connectivity index is 1.81. The maximum atomic E-state index is 15.0. The summed E-state index contributed by atoms with van der Waals surface area (Å²) in [6.45, 7) is 3.68. The molecule has 162 valence electrons. The molecule has 8 nitrogen and oxygen atoms in total. The van der Waals surface area contributed by atoms with Crippen LogP contribution in [0.4, 0.5) is 29.1 Å². The van der Waals surface area contributed by atoms with Crippen LogP contribution in [0.25, 0.3) is 27.8 Å². The minimum atomic E-state index is -5.05. The quantitative estimate of drug-likeness (QED) is 0.396. The number of rotatable bonds is 4. The fraction of sp³-hybridized carbons (Fsp3) is 0.222. The van der Waals surface area contributed by atoms with Crippen LogP contribution in [-0.4, -0.2) is 42.7 Å². The number of nitrogens with one attached hydrogen (secondary N) is 3. The van der Waals surface area contributed by atoms with E-state index in [1.165, 1.54) is 29.2 Å². The second-order valence-corrected chi connectivity index (χ2v) is 7.33. The summed E-state index contributed by atoms with van der Waals surface area (Å²) in [5.41, 5.74) is 1.19. The minimum Gasteiger partial charge on any atom is -0.379 e. The second-order valence-electron chi connectivity index (χ2n) is 6.95. The molecule has 3 N–H and O–H groups in total. The first-order valence-corrected chi connectivity index (χ1v) is 9.28. The first-order chi connectivity index (χ1) is 14.6. The van der Waals surface area contributed by atoms with Gasteiger partial charge in [-0.3, -0.25) is 14.9 Å². The highest BCUT2D eigenvalue weighted by Crippen LogP contribution is 2.40. The van der Waals surface area contributed by atoms with Crippen molar-refractivity contribution in [2.75, 3.05) is 10.6 Å². The summed E-state index contributed by atoms with van der Waals surface area (Å²) in [6.07, 6.45) is 0.266. The molecule has 0 atom stereocenters. The van der Waals surface area contributed by atoms with Gasteiger partial charge >= 0.3 is 12.1 Å². The van der Waals surface area contributed by atoms with Crippen molar-refractivity contribution in [1.82, 2.24) is 24.6 Å². The van der Waals surface area contributed by atoms with Crippen molar-refractivity contribution >= 4 is 45.6 Å². The van der Waals surface area contributed by atoms with Crippen molar-refractivity contribution in [3.8, 4) is 11.3 Å². The van der Waals surface area contributed by atoms with Gasteiger partial charge in [0, 0.05) is 23.2 Å². The van der Waals surface area contributed by atoms with Crippen LogP contribution in [0.5, 0.6) is 0 Å². The van der Waals surface area contributed by atoms with Gasteiger partial charge in [0.15, 0.2) is 17.3 Å². The fourth-order valence-corrected chi connectivity index (χ4v) is 3.36. The van der Waals surface area contributed by atoms with E-state index in [1.807, 2.05) is 13.8 Å². The third-order valence-corrected chi connectivity index (χ3v) is 4.67. The number of hydrogen-bond acceptors (Lipinski definition) is 5. The lowest BCUT2D eigenvalue weighted by Gasteiger charge is -2.15. The van der Waals surface area contributed by atoms with Crippen LogP contribution in [0.2, 0.25) is 5.02 Å². The Labute approximate surface area is 176 Å². The lowest BCUT2D eigenvalue weighted by atomic mass is 10.1. The van der Waals surface area contributed by atoms with E-state index in [-0.39, 0.29) is 39.5 Å². The van der Waals surface area contributed by atoms with Gasteiger partial charge < -0.3 is 15.0 Å². The molecule has 0 aliphatic rings. The normalized spacial score (nSPS) is 12.1. The van der Waals surface area contributed by atoms with Crippen molar-refractivity contribution in [1.29, 1.82) is 0 Å². The van der Waals surface area contributed by atoms with Gasteiger partial charge in [-0.05, 0) is 13.8 Å². The van der Waals surface area contributed by atoms with E-state index >= 15 is 4.39 Å². The third kappa shape index (κ3) is 3.74. The standard InChI is InChI=1S/C18H14ClF4N7O/c1-7(2)26-16-14(20)13(19)12(8-3-25-29-15(8)16)9-5-30-6-10(27-11(30)4-24-9)28-17(31)18(21,22)23/h3-7,26H,1-2H3,(H,25,29)(H,28,31). The molecule has 0 saturated heterocycles. The van der Waals surface area contributed by atoms with E-state index in [0.29, 0.717) is 10.9 Å². The molecule has 0 bridgehead atoms. The number of carbonyl (C=O) groups excluding carboxylic acids is 1. The molecular formula is C18H14ClF4N7O. The number of benzene rings is 1. The number of fused-ring (bicyclic) bond motifs is 2. The Hall–Kier alpha value is -3.41. The molecular weight excluding hydrogens is 442 g/mol. The number of H-pyrrole nitrogens is 1. The lowest BCUT2D eigenvalue weighted by molar-refractivity contribution is -0.167. The molecule has 0 radical (unpaired) electrons. The largest absolute Gasteiger partial charge is 0.471 e. The zero-order valence-corrected chi connectivity index (χ0v) is 16.7. The Morgan fingerprint density at radius 1 is 1.26 bits per heavy atom. The van der Waals surface area contributed by atoms with Crippen molar-refractivity contribution in [3.05, 3.63) is 35.6 Å². The Morgan fingerprint density at radius 3 is 2.68 bits per heavy atom. The Bertz CT molecular complexity index is 1310. The highest BCUT2D eigenvalue weighted by atomic mass is 35.5. The topological polar surface area (TPSA) is 100 Å². The average Bonchev–Trinajstić information content (AvgIpc) is 3.30. The van der Waals surface area contributed by atoms with Crippen LogP contribution in [-0.2, 0) is 4.79 Å². The number of alkyl halides is 3. The molecule has 0 aliphatic carbocycles. The molecule has 4 aromatic rings. The van der Waals surface area contributed by atoms with Gasteiger partial charge in [0.05, 0.1) is 40.5 Å². The predicted molar refractivity (Wildman–Crippen MR) is 106 cm³/mol. The smallest absolute Gasteiger partial charge is 0.379 e. The number of aromatic nitrogens is 5. The molecule has 0 saturated carbocycles. The molecule has 1 aromatic carbocycles. The van der Waals surface area contributed by atoms with E-state index < -0.39 is 17.9 Å². The SMILES string of the molecule is CC(C)Nc1c(F)c(Cl)c(-c2cn3cc(NC(=O)C(F)(F)F)nc3cn2)c2cn[nH]c12.